The molecule has 5 heteroatoms. The maximum atomic E-state index is 10.5. The molecule has 3 nitrogen and oxygen atoms in total. The Hall–Kier alpha value is -0.230. The molecule has 1 unspecified atom stereocenters. The molecule has 16 heavy (non-hydrogen) atoms. The van der Waals surface area contributed by atoms with E-state index in [0.29, 0.717) is 6.54 Å². The minimum Gasteiger partial charge on any atom is -0.760 e. The zero-order chi connectivity index (χ0) is 11.8. The Morgan fingerprint density at radius 2 is 2.19 bits per heavy atom. The molecule has 1 fully saturated rings. The van der Waals surface area contributed by atoms with Crippen molar-refractivity contribution < 1.29 is 8.76 Å². The smallest absolute Gasteiger partial charge is 0.0181 e. The lowest BCUT2D eigenvalue weighted by Crippen LogP contribution is -2.28. The van der Waals surface area contributed by atoms with Gasteiger partial charge < -0.3 is 4.55 Å². The predicted octanol–water partition coefficient (Wildman–Crippen LogP) is 2.17. The Kier molecular flexibility index (Phi) is 3.49. The standard InChI is InChI=1S/C11H14BrNO2S/c1-8-4-9(6-10(12)5-8)11(2-3-11)7-13-16(14)15/h4-6,13H,2-3,7H2,1H3,(H,14,15)/p-1. The normalized spacial score (nSPS) is 19.4. The average Bonchev–Trinajstić information content (AvgIpc) is 2.94. The van der Waals surface area contributed by atoms with Gasteiger partial charge in [-0.3, -0.25) is 4.21 Å². The number of nitrogens with one attached hydrogen (secondary N) is 1. The molecule has 1 aromatic rings. The molecule has 2 rings (SSSR count). The van der Waals surface area contributed by atoms with Gasteiger partial charge in [-0.2, -0.15) is 0 Å². The molecule has 1 aliphatic carbocycles. The maximum absolute atomic E-state index is 10.5. The molecule has 88 valence electrons. The first-order chi connectivity index (χ1) is 7.52. The Labute approximate surface area is 106 Å². The molecule has 0 aromatic heterocycles. The van der Waals surface area contributed by atoms with Crippen LogP contribution in [0.15, 0.2) is 22.7 Å². The zero-order valence-corrected chi connectivity index (χ0v) is 11.4. The van der Waals surface area contributed by atoms with Crippen molar-refractivity contribution in [1.29, 1.82) is 0 Å². The molecule has 1 saturated carbocycles. The lowest BCUT2D eigenvalue weighted by Gasteiger charge is -2.18. The quantitative estimate of drug-likeness (QED) is 0.867. The summed E-state index contributed by atoms with van der Waals surface area (Å²) in [6.45, 7) is 2.54. The van der Waals surface area contributed by atoms with Gasteiger partial charge in [0.2, 0.25) is 0 Å². The second kappa shape index (κ2) is 4.56. The van der Waals surface area contributed by atoms with Crippen LogP contribution in [0.25, 0.3) is 0 Å². The highest BCUT2D eigenvalue weighted by Crippen LogP contribution is 2.48. The van der Waals surface area contributed by atoms with Gasteiger partial charge in [-0.15, -0.1) is 0 Å². The van der Waals surface area contributed by atoms with E-state index in [9.17, 15) is 8.76 Å². The van der Waals surface area contributed by atoms with Gasteiger partial charge in [0.05, 0.1) is 0 Å². The van der Waals surface area contributed by atoms with E-state index in [1.165, 1.54) is 11.1 Å². The summed E-state index contributed by atoms with van der Waals surface area (Å²) in [7, 11) is 0. The van der Waals surface area contributed by atoms with Crippen molar-refractivity contribution in [3.05, 3.63) is 33.8 Å². The lowest BCUT2D eigenvalue weighted by atomic mass is 9.95. The van der Waals surface area contributed by atoms with Crippen LogP contribution in [0.1, 0.15) is 24.0 Å². The molecule has 1 aliphatic rings. The van der Waals surface area contributed by atoms with E-state index in [1.54, 1.807) is 0 Å². The van der Waals surface area contributed by atoms with E-state index in [2.05, 4.69) is 38.9 Å². The van der Waals surface area contributed by atoms with Crippen LogP contribution in [-0.4, -0.2) is 15.3 Å². The van der Waals surface area contributed by atoms with Crippen LogP contribution in [0.4, 0.5) is 0 Å². The fourth-order valence-electron chi connectivity index (χ4n) is 1.96. The minimum atomic E-state index is -2.17. The van der Waals surface area contributed by atoms with E-state index < -0.39 is 11.3 Å². The molecule has 0 aliphatic heterocycles. The van der Waals surface area contributed by atoms with Crippen molar-refractivity contribution in [2.45, 2.75) is 25.2 Å². The molecule has 0 radical (unpaired) electrons. The highest BCUT2D eigenvalue weighted by Gasteiger charge is 2.44. The van der Waals surface area contributed by atoms with Gasteiger partial charge in [0.25, 0.3) is 0 Å². The molecule has 0 bridgehead atoms. The Bertz CT molecular complexity index is 412. The molecule has 0 spiro atoms. The fraction of sp³-hybridized carbons (Fsp3) is 0.455. The summed E-state index contributed by atoms with van der Waals surface area (Å²) in [5.41, 5.74) is 2.44. The van der Waals surface area contributed by atoms with E-state index in [0.717, 1.165) is 17.3 Å². The topological polar surface area (TPSA) is 52.2 Å². The maximum Gasteiger partial charge on any atom is 0.0181 e. The van der Waals surface area contributed by atoms with Gasteiger partial charge >= 0.3 is 0 Å². The van der Waals surface area contributed by atoms with Crippen molar-refractivity contribution in [1.82, 2.24) is 4.72 Å². The monoisotopic (exact) mass is 302 g/mol. The molecule has 0 heterocycles. The Morgan fingerprint density at radius 3 is 2.69 bits per heavy atom. The lowest BCUT2D eigenvalue weighted by molar-refractivity contribution is 0.514. The molecule has 0 amide bonds. The number of hydrogen-bond donors (Lipinski definition) is 1. The van der Waals surface area contributed by atoms with Crippen LogP contribution >= 0.6 is 15.9 Å². The molecule has 0 saturated heterocycles. The SMILES string of the molecule is Cc1cc(Br)cc(C2(CNS(=O)[O-])CC2)c1. The highest BCUT2D eigenvalue weighted by molar-refractivity contribution is 9.10. The van der Waals surface area contributed by atoms with Crippen LogP contribution in [0.5, 0.6) is 0 Å². The molecule has 1 N–H and O–H groups in total. The van der Waals surface area contributed by atoms with E-state index in [1.807, 2.05) is 6.92 Å². The Balaban J connectivity index is 2.19. The van der Waals surface area contributed by atoms with Crippen molar-refractivity contribution in [3.63, 3.8) is 0 Å². The third-order valence-corrected chi connectivity index (χ3v) is 3.87. The van der Waals surface area contributed by atoms with Crippen molar-refractivity contribution in [2.24, 2.45) is 0 Å². The van der Waals surface area contributed by atoms with Crippen LogP contribution in [0.2, 0.25) is 0 Å². The second-order valence-corrected chi connectivity index (χ2v) is 6.03. The van der Waals surface area contributed by atoms with E-state index in [4.69, 9.17) is 0 Å². The van der Waals surface area contributed by atoms with Crippen LogP contribution in [0, 0.1) is 6.92 Å². The van der Waals surface area contributed by atoms with E-state index in [-0.39, 0.29) is 5.41 Å². The van der Waals surface area contributed by atoms with Crippen LogP contribution < -0.4 is 4.72 Å². The summed E-state index contributed by atoms with van der Waals surface area (Å²) >= 11 is 1.30. The van der Waals surface area contributed by atoms with Crippen molar-refractivity contribution >= 4 is 27.2 Å². The first-order valence-corrected chi connectivity index (χ1v) is 6.99. The zero-order valence-electron chi connectivity index (χ0n) is 8.96. The molecular formula is C11H13BrNO2S-. The second-order valence-electron chi connectivity index (χ2n) is 4.35. The fourth-order valence-corrected chi connectivity index (χ4v) is 2.96. The summed E-state index contributed by atoms with van der Waals surface area (Å²) in [6, 6.07) is 6.27. The summed E-state index contributed by atoms with van der Waals surface area (Å²) in [5, 5.41) is 0. The van der Waals surface area contributed by atoms with Crippen LogP contribution in [-0.2, 0) is 16.7 Å². The van der Waals surface area contributed by atoms with Crippen molar-refractivity contribution in [3.8, 4) is 0 Å². The Morgan fingerprint density at radius 1 is 1.50 bits per heavy atom. The van der Waals surface area contributed by atoms with Gasteiger partial charge in [0.1, 0.15) is 0 Å². The van der Waals surface area contributed by atoms with Crippen molar-refractivity contribution in [2.75, 3.05) is 6.54 Å². The number of benzene rings is 1. The first-order valence-electron chi connectivity index (χ1n) is 5.12. The van der Waals surface area contributed by atoms with Crippen LogP contribution in [0.3, 0.4) is 0 Å². The molecule has 1 atom stereocenters. The van der Waals surface area contributed by atoms with Gasteiger partial charge in [0, 0.05) is 27.7 Å². The number of aryl methyl sites for hydroxylation is 1. The first kappa shape index (κ1) is 12.2. The predicted molar refractivity (Wildman–Crippen MR) is 66.7 cm³/mol. The van der Waals surface area contributed by atoms with Gasteiger partial charge in [-0.25, -0.2) is 4.72 Å². The average molecular weight is 303 g/mol. The van der Waals surface area contributed by atoms with Gasteiger partial charge in [-0.05, 0) is 43.0 Å². The highest BCUT2D eigenvalue weighted by atomic mass is 79.9. The number of halogens is 1. The van der Waals surface area contributed by atoms with Gasteiger partial charge in [-0.1, -0.05) is 22.0 Å². The molecular weight excluding hydrogens is 290 g/mol. The summed E-state index contributed by atoms with van der Waals surface area (Å²) < 4.78 is 24.6. The number of rotatable bonds is 4. The summed E-state index contributed by atoms with van der Waals surface area (Å²) in [4.78, 5) is 0. The molecule has 1 aromatic carbocycles. The largest absolute Gasteiger partial charge is 0.760 e. The summed E-state index contributed by atoms with van der Waals surface area (Å²) in [5.74, 6) is 0. The number of hydrogen-bond acceptors (Lipinski definition) is 2. The minimum absolute atomic E-state index is 0.0224. The third-order valence-electron chi connectivity index (χ3n) is 3.04. The summed E-state index contributed by atoms with van der Waals surface area (Å²) in [6.07, 6.45) is 2.10. The van der Waals surface area contributed by atoms with E-state index >= 15 is 0 Å². The third kappa shape index (κ3) is 2.71. The van der Waals surface area contributed by atoms with Gasteiger partial charge in [0.15, 0.2) is 0 Å².